The van der Waals surface area contributed by atoms with Gasteiger partial charge in [-0.05, 0) is 34.5 Å². The second-order valence-corrected chi connectivity index (χ2v) is 5.34. The predicted molar refractivity (Wildman–Crippen MR) is 72.6 cm³/mol. The van der Waals surface area contributed by atoms with E-state index in [1.807, 2.05) is 12.1 Å². The molecule has 1 saturated heterocycles. The first-order chi connectivity index (χ1) is 9.28. The van der Waals surface area contributed by atoms with Crippen molar-refractivity contribution in [2.75, 3.05) is 13.2 Å². The Labute approximate surface area is 118 Å². The highest BCUT2D eigenvalue weighted by atomic mass is 79.9. The number of aldehydes is 1. The lowest BCUT2D eigenvalue weighted by Crippen LogP contribution is -2.03. The van der Waals surface area contributed by atoms with Crippen LogP contribution in [0.1, 0.15) is 28.4 Å². The lowest BCUT2D eigenvalue weighted by atomic mass is 10.0. The second-order valence-electron chi connectivity index (χ2n) is 4.43. The maximum absolute atomic E-state index is 11.2. The van der Waals surface area contributed by atoms with Gasteiger partial charge in [0.25, 0.3) is 0 Å². The molecular weight excluding hydrogens is 310 g/mol. The summed E-state index contributed by atoms with van der Waals surface area (Å²) in [6.07, 6.45) is 5.18. The number of ether oxygens (including phenoxy) is 1. The topological polar surface area (TPSA) is 57.0 Å². The van der Waals surface area contributed by atoms with Crippen molar-refractivity contribution >= 4 is 22.2 Å². The van der Waals surface area contributed by atoms with Crippen LogP contribution in [0.3, 0.4) is 0 Å². The van der Waals surface area contributed by atoms with Crippen LogP contribution in [0.2, 0.25) is 0 Å². The highest BCUT2D eigenvalue weighted by Gasteiger charge is 2.24. The zero-order valence-electron chi connectivity index (χ0n) is 10.1. The summed E-state index contributed by atoms with van der Waals surface area (Å²) in [4.78, 5) is 15.4. The molecule has 19 heavy (non-hydrogen) atoms. The molecule has 0 aromatic carbocycles. The maximum Gasteiger partial charge on any atom is 0.153 e. The molecule has 6 heteroatoms. The second kappa shape index (κ2) is 5.22. The average Bonchev–Trinajstić information content (AvgIpc) is 3.08. The van der Waals surface area contributed by atoms with Crippen molar-refractivity contribution in [2.45, 2.75) is 12.3 Å². The van der Waals surface area contributed by atoms with Crippen molar-refractivity contribution in [3.63, 3.8) is 0 Å². The number of halogens is 1. The SMILES string of the molecule is O=Cc1cn(-c2ccc(Br)cn2)nc1C1CCOC1. The molecule has 5 nitrogen and oxygen atoms in total. The normalized spacial score (nSPS) is 18.7. The zero-order valence-corrected chi connectivity index (χ0v) is 11.7. The standard InChI is InChI=1S/C13H12BrN3O2/c14-11-1-2-12(15-5-11)17-6-10(7-18)13(16-17)9-3-4-19-8-9/h1-2,5-7,9H,3-4,8H2. The summed E-state index contributed by atoms with van der Waals surface area (Å²) < 4.78 is 7.90. The molecule has 2 aromatic heterocycles. The van der Waals surface area contributed by atoms with Crippen LogP contribution < -0.4 is 0 Å². The van der Waals surface area contributed by atoms with Crippen molar-refractivity contribution in [1.29, 1.82) is 0 Å². The Morgan fingerprint density at radius 1 is 1.47 bits per heavy atom. The molecule has 0 aliphatic carbocycles. The van der Waals surface area contributed by atoms with Crippen LogP contribution in [0.5, 0.6) is 0 Å². The molecule has 0 bridgehead atoms. The van der Waals surface area contributed by atoms with Crippen molar-refractivity contribution in [3.8, 4) is 5.82 Å². The third kappa shape index (κ3) is 2.46. The number of pyridine rings is 1. The van der Waals surface area contributed by atoms with Gasteiger partial charge < -0.3 is 4.74 Å². The third-order valence-electron chi connectivity index (χ3n) is 3.16. The van der Waals surface area contributed by atoms with E-state index in [4.69, 9.17) is 4.74 Å². The number of carbonyl (C=O) groups excluding carboxylic acids is 1. The lowest BCUT2D eigenvalue weighted by molar-refractivity contribution is 0.112. The molecular formula is C13H12BrN3O2. The number of carbonyl (C=O) groups is 1. The van der Waals surface area contributed by atoms with E-state index in [1.165, 1.54) is 0 Å². The first kappa shape index (κ1) is 12.5. The highest BCUT2D eigenvalue weighted by Crippen LogP contribution is 2.26. The Morgan fingerprint density at radius 2 is 2.37 bits per heavy atom. The average molecular weight is 322 g/mol. The van der Waals surface area contributed by atoms with Crippen molar-refractivity contribution in [2.24, 2.45) is 0 Å². The van der Waals surface area contributed by atoms with Gasteiger partial charge in [0, 0.05) is 29.4 Å². The molecule has 98 valence electrons. The van der Waals surface area contributed by atoms with Gasteiger partial charge in [0.2, 0.25) is 0 Å². The fourth-order valence-corrected chi connectivity index (χ4v) is 2.41. The van der Waals surface area contributed by atoms with Crippen LogP contribution in [0.15, 0.2) is 29.0 Å². The lowest BCUT2D eigenvalue weighted by Gasteiger charge is -2.04. The van der Waals surface area contributed by atoms with Crippen molar-refractivity contribution in [1.82, 2.24) is 14.8 Å². The molecule has 0 N–H and O–H groups in total. The molecule has 3 heterocycles. The molecule has 1 aliphatic rings. The van der Waals surface area contributed by atoms with E-state index in [1.54, 1.807) is 17.1 Å². The van der Waals surface area contributed by atoms with Crippen LogP contribution in [0.25, 0.3) is 5.82 Å². The molecule has 2 aromatic rings. The Balaban J connectivity index is 1.98. The Bertz CT molecular complexity index is 588. The number of rotatable bonds is 3. The largest absolute Gasteiger partial charge is 0.381 e. The molecule has 3 rings (SSSR count). The van der Waals surface area contributed by atoms with Gasteiger partial charge in [-0.3, -0.25) is 4.79 Å². The fraction of sp³-hybridized carbons (Fsp3) is 0.308. The quantitative estimate of drug-likeness (QED) is 0.814. The third-order valence-corrected chi connectivity index (χ3v) is 3.63. The van der Waals surface area contributed by atoms with Gasteiger partial charge in [-0.2, -0.15) is 5.10 Å². The van der Waals surface area contributed by atoms with Crippen LogP contribution in [0, 0.1) is 0 Å². The molecule has 1 atom stereocenters. The monoisotopic (exact) mass is 321 g/mol. The predicted octanol–water partition coefficient (Wildman–Crippen LogP) is 2.35. The van der Waals surface area contributed by atoms with Gasteiger partial charge in [0.05, 0.1) is 17.9 Å². The maximum atomic E-state index is 11.2. The summed E-state index contributed by atoms with van der Waals surface area (Å²) in [5, 5.41) is 4.49. The summed E-state index contributed by atoms with van der Waals surface area (Å²) in [5.41, 5.74) is 1.41. The van der Waals surface area contributed by atoms with E-state index < -0.39 is 0 Å². The summed E-state index contributed by atoms with van der Waals surface area (Å²) >= 11 is 3.34. The number of aromatic nitrogens is 3. The zero-order chi connectivity index (χ0) is 13.2. The minimum Gasteiger partial charge on any atom is -0.381 e. The van der Waals surface area contributed by atoms with E-state index >= 15 is 0 Å². The van der Waals surface area contributed by atoms with Gasteiger partial charge in [0.1, 0.15) is 0 Å². The fourth-order valence-electron chi connectivity index (χ4n) is 2.18. The number of hydrogen-bond acceptors (Lipinski definition) is 4. The summed E-state index contributed by atoms with van der Waals surface area (Å²) in [6, 6.07) is 3.74. The molecule has 1 fully saturated rings. The van der Waals surface area contributed by atoms with Gasteiger partial charge in [-0.1, -0.05) is 0 Å². The summed E-state index contributed by atoms with van der Waals surface area (Å²) in [6.45, 7) is 1.36. The van der Waals surface area contributed by atoms with Gasteiger partial charge in [-0.25, -0.2) is 9.67 Å². The number of nitrogens with zero attached hydrogens (tertiary/aromatic N) is 3. The van der Waals surface area contributed by atoms with Gasteiger partial charge in [0.15, 0.2) is 12.1 Å². The van der Waals surface area contributed by atoms with E-state index in [2.05, 4.69) is 26.0 Å². The first-order valence-corrected chi connectivity index (χ1v) is 6.81. The first-order valence-electron chi connectivity index (χ1n) is 6.02. The molecule has 0 amide bonds. The Morgan fingerprint density at radius 3 is 3.00 bits per heavy atom. The van der Waals surface area contributed by atoms with Crippen LogP contribution >= 0.6 is 15.9 Å². The van der Waals surface area contributed by atoms with Crippen LogP contribution in [0.4, 0.5) is 0 Å². The van der Waals surface area contributed by atoms with Crippen LogP contribution in [-0.4, -0.2) is 34.3 Å². The van der Waals surface area contributed by atoms with Crippen LogP contribution in [-0.2, 0) is 4.74 Å². The minimum absolute atomic E-state index is 0.205. The molecule has 0 saturated carbocycles. The molecule has 0 spiro atoms. The van der Waals surface area contributed by atoms with Crippen molar-refractivity contribution < 1.29 is 9.53 Å². The van der Waals surface area contributed by atoms with Gasteiger partial charge >= 0.3 is 0 Å². The van der Waals surface area contributed by atoms with Crippen molar-refractivity contribution in [3.05, 3.63) is 40.3 Å². The van der Waals surface area contributed by atoms with Gasteiger partial charge in [-0.15, -0.1) is 0 Å². The van der Waals surface area contributed by atoms with E-state index in [0.29, 0.717) is 18.0 Å². The highest BCUT2D eigenvalue weighted by molar-refractivity contribution is 9.10. The molecule has 0 radical (unpaired) electrons. The Kier molecular flexibility index (Phi) is 3.44. The Hall–Kier alpha value is -1.53. The molecule has 1 unspecified atom stereocenters. The molecule has 1 aliphatic heterocycles. The smallest absolute Gasteiger partial charge is 0.153 e. The van der Waals surface area contributed by atoms with E-state index in [-0.39, 0.29) is 5.92 Å². The number of hydrogen-bond donors (Lipinski definition) is 0. The summed E-state index contributed by atoms with van der Waals surface area (Å²) in [7, 11) is 0. The van der Waals surface area contributed by atoms with E-state index in [9.17, 15) is 4.79 Å². The van der Waals surface area contributed by atoms with E-state index in [0.717, 1.165) is 29.5 Å². The summed E-state index contributed by atoms with van der Waals surface area (Å²) in [5.74, 6) is 0.897. The minimum atomic E-state index is 0.205.